The number of benzene rings is 1. The molecule has 2 N–H and O–H groups in total. The van der Waals surface area contributed by atoms with Crippen LogP contribution in [0.1, 0.15) is 22.6 Å². The van der Waals surface area contributed by atoms with Crippen LogP contribution in [0, 0.1) is 13.8 Å². The maximum Gasteiger partial charge on any atom is 0.156 e. The molecule has 4 heteroatoms. The molecule has 4 nitrogen and oxygen atoms in total. The Morgan fingerprint density at radius 1 is 1.28 bits per heavy atom. The molecule has 0 spiro atoms. The van der Waals surface area contributed by atoms with E-state index in [4.69, 9.17) is 10.3 Å². The molecule has 0 aliphatic rings. The van der Waals surface area contributed by atoms with Crippen molar-refractivity contribution in [1.29, 1.82) is 0 Å². The van der Waals surface area contributed by atoms with Crippen molar-refractivity contribution < 1.29 is 4.52 Å². The van der Waals surface area contributed by atoms with Crippen molar-refractivity contribution in [3.63, 3.8) is 0 Å². The number of anilines is 1. The predicted octanol–water partition coefficient (Wildman–Crippen LogP) is 2.39. The van der Waals surface area contributed by atoms with Crippen LogP contribution >= 0.6 is 0 Å². The van der Waals surface area contributed by atoms with E-state index in [1.807, 2.05) is 13.1 Å². The largest absolute Gasteiger partial charge is 0.367 e. The fourth-order valence-electron chi connectivity index (χ4n) is 2.08. The van der Waals surface area contributed by atoms with E-state index in [-0.39, 0.29) is 0 Å². The fourth-order valence-corrected chi connectivity index (χ4v) is 2.08. The van der Waals surface area contributed by atoms with Gasteiger partial charge in [0.15, 0.2) is 5.76 Å². The highest BCUT2D eigenvalue weighted by Gasteiger charge is 2.09. The van der Waals surface area contributed by atoms with Gasteiger partial charge in [0, 0.05) is 25.3 Å². The van der Waals surface area contributed by atoms with Crippen LogP contribution in [-0.4, -0.2) is 12.2 Å². The minimum Gasteiger partial charge on any atom is -0.367 e. The lowest BCUT2D eigenvalue weighted by Crippen LogP contribution is -2.17. The molecule has 0 fully saturated rings. The van der Waals surface area contributed by atoms with Gasteiger partial charge in [-0.05, 0) is 25.5 Å². The van der Waals surface area contributed by atoms with E-state index in [0.717, 1.165) is 11.5 Å². The molecular weight excluding hydrogens is 226 g/mol. The summed E-state index contributed by atoms with van der Waals surface area (Å²) >= 11 is 0. The number of hydrogen-bond acceptors (Lipinski definition) is 4. The monoisotopic (exact) mass is 245 g/mol. The average molecular weight is 245 g/mol. The molecule has 0 unspecified atom stereocenters. The molecule has 0 saturated carbocycles. The van der Waals surface area contributed by atoms with Crippen molar-refractivity contribution in [3.8, 4) is 0 Å². The zero-order valence-corrected chi connectivity index (χ0v) is 11.1. The Morgan fingerprint density at radius 2 is 2.06 bits per heavy atom. The van der Waals surface area contributed by atoms with Gasteiger partial charge in [-0.3, -0.25) is 0 Å². The van der Waals surface area contributed by atoms with Gasteiger partial charge >= 0.3 is 0 Å². The summed E-state index contributed by atoms with van der Waals surface area (Å²) in [6.07, 6.45) is 0. The molecule has 0 saturated heterocycles. The number of nitrogens with zero attached hydrogens (tertiary/aromatic N) is 2. The van der Waals surface area contributed by atoms with Crippen LogP contribution in [0.2, 0.25) is 0 Å². The fraction of sp³-hybridized carbons (Fsp3) is 0.357. The van der Waals surface area contributed by atoms with Crippen molar-refractivity contribution in [2.75, 3.05) is 11.9 Å². The second kappa shape index (κ2) is 5.23. The molecule has 1 aromatic heterocycles. The molecule has 0 atom stereocenters. The number of aryl methyl sites for hydroxylation is 2. The summed E-state index contributed by atoms with van der Waals surface area (Å²) in [5.74, 6) is 0.831. The molecule has 0 radical (unpaired) electrons. The maximum atomic E-state index is 5.51. The highest BCUT2D eigenvalue weighted by Crippen LogP contribution is 2.21. The zero-order chi connectivity index (χ0) is 13.1. The third-order valence-electron chi connectivity index (χ3n) is 2.97. The van der Waals surface area contributed by atoms with E-state index in [1.54, 1.807) is 0 Å². The van der Waals surface area contributed by atoms with Crippen LogP contribution in [0.5, 0.6) is 0 Å². The number of rotatable bonds is 4. The SMILES string of the molecule is Cc1ccc(N(C)Cc2cc(CN)no2)c(C)c1. The van der Waals surface area contributed by atoms with E-state index in [1.165, 1.54) is 16.8 Å². The molecule has 96 valence electrons. The Balaban J connectivity index is 2.13. The van der Waals surface area contributed by atoms with E-state index in [9.17, 15) is 0 Å². The molecule has 2 rings (SSSR count). The number of hydrogen-bond donors (Lipinski definition) is 1. The molecular formula is C14H19N3O. The van der Waals surface area contributed by atoms with E-state index in [0.29, 0.717) is 13.1 Å². The molecule has 1 heterocycles. The van der Waals surface area contributed by atoms with Crippen LogP contribution in [0.3, 0.4) is 0 Å². The number of nitrogens with two attached hydrogens (primary N) is 1. The molecule has 18 heavy (non-hydrogen) atoms. The van der Waals surface area contributed by atoms with Gasteiger partial charge in [0.25, 0.3) is 0 Å². The third-order valence-corrected chi connectivity index (χ3v) is 2.97. The summed E-state index contributed by atoms with van der Waals surface area (Å²) in [4.78, 5) is 2.15. The van der Waals surface area contributed by atoms with E-state index < -0.39 is 0 Å². The van der Waals surface area contributed by atoms with E-state index in [2.05, 4.69) is 42.1 Å². The van der Waals surface area contributed by atoms with Gasteiger partial charge in [-0.1, -0.05) is 22.9 Å². The highest BCUT2D eigenvalue weighted by molar-refractivity contribution is 5.53. The van der Waals surface area contributed by atoms with Crippen LogP contribution in [-0.2, 0) is 13.1 Å². The third kappa shape index (κ3) is 2.71. The summed E-state index contributed by atoms with van der Waals surface area (Å²) in [6.45, 7) is 5.32. The summed E-state index contributed by atoms with van der Waals surface area (Å²) in [7, 11) is 2.04. The first-order chi connectivity index (χ1) is 8.60. The van der Waals surface area contributed by atoms with Crippen molar-refractivity contribution in [2.45, 2.75) is 26.9 Å². The molecule has 0 aliphatic heterocycles. The van der Waals surface area contributed by atoms with Gasteiger partial charge in [-0.2, -0.15) is 0 Å². The molecule has 0 bridgehead atoms. The Morgan fingerprint density at radius 3 is 2.67 bits per heavy atom. The van der Waals surface area contributed by atoms with Crippen molar-refractivity contribution >= 4 is 5.69 Å². The standard InChI is InChI=1S/C14H19N3O/c1-10-4-5-14(11(2)6-10)17(3)9-13-7-12(8-15)16-18-13/h4-7H,8-9,15H2,1-3H3. The quantitative estimate of drug-likeness (QED) is 0.898. The lowest BCUT2D eigenvalue weighted by Gasteiger charge is -2.20. The first-order valence-electron chi connectivity index (χ1n) is 6.03. The summed E-state index contributed by atoms with van der Waals surface area (Å²) < 4.78 is 5.24. The minimum atomic E-state index is 0.413. The second-order valence-corrected chi connectivity index (χ2v) is 4.63. The van der Waals surface area contributed by atoms with Gasteiger partial charge < -0.3 is 15.2 Å². The van der Waals surface area contributed by atoms with Crippen molar-refractivity contribution in [3.05, 3.63) is 46.8 Å². The van der Waals surface area contributed by atoms with Crippen LogP contribution in [0.25, 0.3) is 0 Å². The summed E-state index contributed by atoms with van der Waals surface area (Å²) in [5, 5.41) is 3.89. The number of aromatic nitrogens is 1. The first-order valence-corrected chi connectivity index (χ1v) is 6.03. The Bertz CT molecular complexity index is 534. The van der Waals surface area contributed by atoms with Gasteiger partial charge in [0.2, 0.25) is 0 Å². The zero-order valence-electron chi connectivity index (χ0n) is 11.1. The van der Waals surface area contributed by atoms with Crippen molar-refractivity contribution in [1.82, 2.24) is 5.16 Å². The van der Waals surface area contributed by atoms with Gasteiger partial charge in [-0.15, -0.1) is 0 Å². The average Bonchev–Trinajstić information content (AvgIpc) is 2.76. The molecule has 2 aromatic rings. The molecule has 0 amide bonds. The topological polar surface area (TPSA) is 55.3 Å². The summed E-state index contributed by atoms with van der Waals surface area (Å²) in [5.41, 5.74) is 10.0. The second-order valence-electron chi connectivity index (χ2n) is 4.63. The van der Waals surface area contributed by atoms with Crippen LogP contribution in [0.4, 0.5) is 5.69 Å². The Labute approximate surface area is 107 Å². The lowest BCUT2D eigenvalue weighted by molar-refractivity contribution is 0.377. The normalized spacial score (nSPS) is 10.7. The van der Waals surface area contributed by atoms with Crippen molar-refractivity contribution in [2.24, 2.45) is 5.73 Å². The van der Waals surface area contributed by atoms with Gasteiger partial charge in [0.1, 0.15) is 0 Å². The molecule has 0 aliphatic carbocycles. The van der Waals surface area contributed by atoms with Crippen LogP contribution in [0.15, 0.2) is 28.8 Å². The predicted molar refractivity (Wildman–Crippen MR) is 72.4 cm³/mol. The smallest absolute Gasteiger partial charge is 0.156 e. The van der Waals surface area contributed by atoms with Gasteiger partial charge in [0.05, 0.1) is 12.2 Å². The Kier molecular flexibility index (Phi) is 3.67. The highest BCUT2D eigenvalue weighted by atomic mass is 16.5. The van der Waals surface area contributed by atoms with E-state index >= 15 is 0 Å². The Hall–Kier alpha value is -1.81. The van der Waals surface area contributed by atoms with Gasteiger partial charge in [-0.25, -0.2) is 0 Å². The van der Waals surface area contributed by atoms with Crippen LogP contribution < -0.4 is 10.6 Å². The maximum absolute atomic E-state index is 5.51. The first kappa shape index (κ1) is 12.6. The molecule has 1 aromatic carbocycles. The lowest BCUT2D eigenvalue weighted by atomic mass is 10.1. The minimum absolute atomic E-state index is 0.413. The summed E-state index contributed by atoms with van der Waals surface area (Å²) in [6, 6.07) is 8.33.